The van der Waals surface area contributed by atoms with Gasteiger partial charge in [0.15, 0.2) is 5.78 Å². The quantitative estimate of drug-likeness (QED) is 0.694. The fourth-order valence-corrected chi connectivity index (χ4v) is 4.70. The van der Waals surface area contributed by atoms with E-state index in [0.717, 1.165) is 5.56 Å². The summed E-state index contributed by atoms with van der Waals surface area (Å²) in [4.78, 5) is 28.3. The lowest BCUT2D eigenvalue weighted by Crippen LogP contribution is -2.43. The monoisotopic (exact) mass is 423 g/mol. The van der Waals surface area contributed by atoms with Gasteiger partial charge in [0.1, 0.15) is 17.3 Å². The Labute approximate surface area is 181 Å². The number of halogens is 1. The molecule has 1 aliphatic carbocycles. The lowest BCUT2D eigenvalue weighted by Gasteiger charge is -2.43. The molecule has 0 saturated heterocycles. The van der Waals surface area contributed by atoms with Crippen LogP contribution in [0.1, 0.15) is 44.6 Å². The molecule has 0 saturated carbocycles. The van der Waals surface area contributed by atoms with Crippen LogP contribution >= 0.6 is 0 Å². The number of Topliss-reactive ketones (excluding diaryl/α,β-unsaturated/α-hetero) is 1. The Kier molecular flexibility index (Phi) is 5.33. The number of carbonyl (C=O) groups is 2. The first-order valence-electron chi connectivity index (χ1n) is 10.3. The SMILES string of the molecule is COc1ccc([C@H]2CC(=O)N(c3cccc(F)c3)C3=C2C(=O)CC(C)(C)C3)c(OC)c1. The van der Waals surface area contributed by atoms with Gasteiger partial charge in [0, 0.05) is 41.7 Å². The molecule has 2 aromatic rings. The minimum atomic E-state index is -0.423. The molecule has 6 heteroatoms. The fourth-order valence-electron chi connectivity index (χ4n) is 4.70. The van der Waals surface area contributed by atoms with Crippen molar-refractivity contribution in [2.75, 3.05) is 19.1 Å². The zero-order valence-corrected chi connectivity index (χ0v) is 18.2. The van der Waals surface area contributed by atoms with E-state index in [2.05, 4.69) is 0 Å². The Morgan fingerprint density at radius 1 is 1.03 bits per heavy atom. The van der Waals surface area contributed by atoms with Gasteiger partial charge in [-0.25, -0.2) is 4.39 Å². The molecule has 5 nitrogen and oxygen atoms in total. The molecule has 0 radical (unpaired) electrons. The minimum absolute atomic E-state index is 0.0167. The number of ether oxygens (including phenoxy) is 2. The van der Waals surface area contributed by atoms with E-state index in [4.69, 9.17) is 9.47 Å². The van der Waals surface area contributed by atoms with Crippen LogP contribution in [0.5, 0.6) is 11.5 Å². The molecule has 2 aliphatic rings. The summed E-state index contributed by atoms with van der Waals surface area (Å²) in [6, 6.07) is 11.4. The van der Waals surface area contributed by atoms with Crippen molar-refractivity contribution in [3.63, 3.8) is 0 Å². The standard InChI is InChI=1S/C25H26FNO4/c1-25(2)13-20-24(21(28)14-25)19(18-9-8-17(30-3)11-22(18)31-4)12-23(29)27(20)16-7-5-6-15(26)10-16/h5-11,19H,12-14H2,1-4H3/t19-/m1/s1. The highest BCUT2D eigenvalue weighted by atomic mass is 19.1. The maximum absolute atomic E-state index is 14.0. The lowest BCUT2D eigenvalue weighted by molar-refractivity contribution is -0.121. The van der Waals surface area contributed by atoms with Gasteiger partial charge >= 0.3 is 0 Å². The number of anilines is 1. The van der Waals surface area contributed by atoms with Crippen LogP contribution in [0.4, 0.5) is 10.1 Å². The second-order valence-corrected chi connectivity index (χ2v) is 8.87. The Hall–Kier alpha value is -3.15. The summed E-state index contributed by atoms with van der Waals surface area (Å²) in [7, 11) is 3.13. The van der Waals surface area contributed by atoms with Crippen molar-refractivity contribution in [2.24, 2.45) is 5.41 Å². The molecule has 2 aromatic carbocycles. The number of allylic oxidation sites excluding steroid dienone is 2. The van der Waals surface area contributed by atoms with Crippen LogP contribution in [0.2, 0.25) is 0 Å². The molecular weight excluding hydrogens is 397 g/mol. The first-order valence-corrected chi connectivity index (χ1v) is 10.3. The van der Waals surface area contributed by atoms with E-state index in [-0.39, 0.29) is 23.5 Å². The molecule has 0 fully saturated rings. The van der Waals surface area contributed by atoms with Gasteiger partial charge < -0.3 is 9.47 Å². The van der Waals surface area contributed by atoms with Gasteiger partial charge in [-0.05, 0) is 36.1 Å². The van der Waals surface area contributed by atoms with E-state index in [1.807, 2.05) is 19.9 Å². The number of carbonyl (C=O) groups excluding carboxylic acids is 2. The van der Waals surface area contributed by atoms with E-state index in [1.165, 1.54) is 17.0 Å². The Balaban J connectivity index is 1.91. The third kappa shape index (κ3) is 3.82. The van der Waals surface area contributed by atoms with Crippen molar-refractivity contribution < 1.29 is 23.5 Å². The number of nitrogens with zero attached hydrogens (tertiary/aromatic N) is 1. The van der Waals surface area contributed by atoms with Crippen molar-refractivity contribution in [2.45, 2.75) is 39.0 Å². The number of hydrogen-bond acceptors (Lipinski definition) is 4. The predicted octanol–water partition coefficient (Wildman–Crippen LogP) is 5.01. The van der Waals surface area contributed by atoms with Crippen molar-refractivity contribution in [3.05, 3.63) is 65.1 Å². The van der Waals surface area contributed by atoms with E-state index >= 15 is 0 Å². The number of benzene rings is 2. The summed E-state index contributed by atoms with van der Waals surface area (Å²) < 4.78 is 24.8. The summed E-state index contributed by atoms with van der Waals surface area (Å²) >= 11 is 0. The summed E-state index contributed by atoms with van der Waals surface area (Å²) in [5, 5.41) is 0. The van der Waals surface area contributed by atoms with Crippen LogP contribution in [-0.2, 0) is 9.59 Å². The molecule has 1 heterocycles. The number of rotatable bonds is 4. The number of hydrogen-bond donors (Lipinski definition) is 0. The molecule has 0 N–H and O–H groups in total. The normalized spacial score (nSPS) is 20.5. The first-order chi connectivity index (χ1) is 14.7. The highest BCUT2D eigenvalue weighted by molar-refractivity contribution is 6.08. The Bertz CT molecular complexity index is 1090. The number of methoxy groups -OCH3 is 2. The third-order valence-corrected chi connectivity index (χ3v) is 6.03. The van der Waals surface area contributed by atoms with Crippen LogP contribution in [0.25, 0.3) is 0 Å². The van der Waals surface area contributed by atoms with E-state index in [9.17, 15) is 14.0 Å². The topological polar surface area (TPSA) is 55.8 Å². The Morgan fingerprint density at radius 3 is 2.48 bits per heavy atom. The highest BCUT2D eigenvalue weighted by Crippen LogP contribution is 2.49. The minimum Gasteiger partial charge on any atom is -0.497 e. The van der Waals surface area contributed by atoms with Gasteiger partial charge in [0.05, 0.1) is 19.9 Å². The molecule has 31 heavy (non-hydrogen) atoms. The molecule has 0 spiro atoms. The maximum Gasteiger partial charge on any atom is 0.232 e. The summed E-state index contributed by atoms with van der Waals surface area (Å²) in [5.74, 6) is 0.209. The van der Waals surface area contributed by atoms with Crippen LogP contribution < -0.4 is 14.4 Å². The second kappa shape index (κ2) is 7.84. The van der Waals surface area contributed by atoms with Gasteiger partial charge in [-0.15, -0.1) is 0 Å². The van der Waals surface area contributed by atoms with Gasteiger partial charge in [0.25, 0.3) is 0 Å². The molecule has 0 aromatic heterocycles. The molecule has 4 rings (SSSR count). The zero-order valence-electron chi connectivity index (χ0n) is 18.2. The van der Waals surface area contributed by atoms with Crippen LogP contribution in [0, 0.1) is 11.2 Å². The number of ketones is 1. The van der Waals surface area contributed by atoms with Crippen molar-refractivity contribution >= 4 is 17.4 Å². The molecule has 162 valence electrons. The second-order valence-electron chi connectivity index (χ2n) is 8.87. The van der Waals surface area contributed by atoms with Gasteiger partial charge in [-0.3, -0.25) is 14.5 Å². The largest absolute Gasteiger partial charge is 0.497 e. The lowest BCUT2D eigenvalue weighted by atomic mass is 9.69. The van der Waals surface area contributed by atoms with E-state index < -0.39 is 11.7 Å². The summed E-state index contributed by atoms with van der Waals surface area (Å²) in [6.07, 6.45) is 1.04. The first kappa shape index (κ1) is 21.1. The van der Waals surface area contributed by atoms with Crippen molar-refractivity contribution in [1.29, 1.82) is 0 Å². The average Bonchev–Trinajstić information content (AvgIpc) is 2.71. The van der Waals surface area contributed by atoms with Gasteiger partial charge in [-0.2, -0.15) is 0 Å². The molecule has 0 bridgehead atoms. The van der Waals surface area contributed by atoms with Crippen molar-refractivity contribution in [3.8, 4) is 11.5 Å². The summed E-state index contributed by atoms with van der Waals surface area (Å²) in [6.45, 7) is 4.03. The van der Waals surface area contributed by atoms with Crippen LogP contribution in [-0.4, -0.2) is 25.9 Å². The third-order valence-electron chi connectivity index (χ3n) is 6.03. The molecule has 1 atom stereocenters. The molecule has 1 aliphatic heterocycles. The smallest absolute Gasteiger partial charge is 0.232 e. The molecular formula is C25H26FNO4. The van der Waals surface area contributed by atoms with Crippen LogP contribution in [0.3, 0.4) is 0 Å². The van der Waals surface area contributed by atoms with Crippen molar-refractivity contribution in [1.82, 2.24) is 0 Å². The highest BCUT2D eigenvalue weighted by Gasteiger charge is 2.45. The average molecular weight is 423 g/mol. The number of amides is 1. The molecule has 0 unspecified atom stereocenters. The molecule has 1 amide bonds. The van der Waals surface area contributed by atoms with E-state index in [1.54, 1.807) is 38.5 Å². The predicted molar refractivity (Wildman–Crippen MR) is 116 cm³/mol. The maximum atomic E-state index is 14.0. The Morgan fingerprint density at radius 2 is 1.81 bits per heavy atom. The van der Waals surface area contributed by atoms with Crippen LogP contribution in [0.15, 0.2) is 53.7 Å². The van der Waals surface area contributed by atoms with Gasteiger partial charge in [0.2, 0.25) is 5.91 Å². The summed E-state index contributed by atoms with van der Waals surface area (Å²) in [5.41, 5.74) is 2.20. The fraction of sp³-hybridized carbons (Fsp3) is 0.360. The van der Waals surface area contributed by atoms with E-state index in [0.29, 0.717) is 41.3 Å². The zero-order chi connectivity index (χ0) is 22.3. The van der Waals surface area contributed by atoms with Gasteiger partial charge in [-0.1, -0.05) is 26.0 Å².